The number of hydrogen-bond donors (Lipinski definition) is 0. The molecule has 1 aliphatic heterocycles. The zero-order valence-corrected chi connectivity index (χ0v) is 17.2. The number of ether oxygens (including phenoxy) is 2. The van der Waals surface area contributed by atoms with Crippen molar-refractivity contribution < 1.29 is 19.1 Å². The van der Waals surface area contributed by atoms with Gasteiger partial charge in [0.15, 0.2) is 0 Å². The number of likely N-dealkylation sites (tertiary alicyclic amines) is 1. The van der Waals surface area contributed by atoms with Gasteiger partial charge in [0, 0.05) is 26.1 Å². The molecule has 0 spiro atoms. The summed E-state index contributed by atoms with van der Waals surface area (Å²) in [6, 6.07) is 7.85. The summed E-state index contributed by atoms with van der Waals surface area (Å²) in [5, 5.41) is 0. The second kappa shape index (κ2) is 9.11. The van der Waals surface area contributed by atoms with Gasteiger partial charge in [-0.05, 0) is 52.2 Å². The number of piperidine rings is 1. The lowest BCUT2D eigenvalue weighted by atomic mass is 9.95. The molecule has 6 nitrogen and oxygen atoms in total. The number of likely N-dealkylation sites (N-methyl/N-ethyl adjacent to an activating group) is 1. The topological polar surface area (TPSA) is 59.1 Å². The molecule has 1 fully saturated rings. The number of amides is 2. The normalized spacial score (nSPS) is 15.4. The molecular weight excluding hydrogens is 344 g/mol. The lowest BCUT2D eigenvalue weighted by Crippen LogP contribution is -2.45. The lowest BCUT2D eigenvalue weighted by molar-refractivity contribution is -0.136. The molecule has 2 amide bonds. The summed E-state index contributed by atoms with van der Waals surface area (Å²) < 4.78 is 11.2. The largest absolute Gasteiger partial charge is 0.491 e. The summed E-state index contributed by atoms with van der Waals surface area (Å²) in [4.78, 5) is 28.2. The van der Waals surface area contributed by atoms with Crippen LogP contribution in [0.1, 0.15) is 39.2 Å². The van der Waals surface area contributed by atoms with E-state index in [0.717, 1.165) is 11.3 Å². The monoisotopic (exact) mass is 376 g/mol. The third-order valence-corrected chi connectivity index (χ3v) is 4.65. The Bertz CT molecular complexity index is 646. The van der Waals surface area contributed by atoms with Crippen LogP contribution < -0.4 is 4.74 Å². The Balaban J connectivity index is 1.74. The van der Waals surface area contributed by atoms with E-state index in [2.05, 4.69) is 0 Å². The van der Waals surface area contributed by atoms with Crippen LogP contribution in [0.15, 0.2) is 24.3 Å². The fourth-order valence-corrected chi connectivity index (χ4v) is 3.07. The highest BCUT2D eigenvalue weighted by Gasteiger charge is 2.31. The molecule has 150 valence electrons. The zero-order valence-electron chi connectivity index (χ0n) is 17.2. The number of hydrogen-bond acceptors (Lipinski definition) is 4. The molecular formula is C21H32N2O4. The molecule has 0 saturated carbocycles. The van der Waals surface area contributed by atoms with Gasteiger partial charge in [-0.15, -0.1) is 0 Å². The number of carbonyl (C=O) groups excluding carboxylic acids is 2. The first-order chi connectivity index (χ1) is 12.7. The van der Waals surface area contributed by atoms with Crippen LogP contribution in [0.5, 0.6) is 5.75 Å². The van der Waals surface area contributed by atoms with E-state index >= 15 is 0 Å². The van der Waals surface area contributed by atoms with Crippen molar-refractivity contribution in [3.05, 3.63) is 29.8 Å². The molecule has 27 heavy (non-hydrogen) atoms. The molecule has 0 bridgehead atoms. The van der Waals surface area contributed by atoms with E-state index in [-0.39, 0.29) is 17.9 Å². The molecule has 1 saturated heterocycles. The van der Waals surface area contributed by atoms with Crippen LogP contribution in [0.2, 0.25) is 0 Å². The van der Waals surface area contributed by atoms with E-state index in [4.69, 9.17) is 9.47 Å². The van der Waals surface area contributed by atoms with Crippen molar-refractivity contribution in [2.75, 3.05) is 33.3 Å². The first-order valence-electron chi connectivity index (χ1n) is 9.58. The van der Waals surface area contributed by atoms with Crippen molar-refractivity contribution in [2.45, 2.75) is 46.1 Å². The average molecular weight is 376 g/mol. The predicted octanol–water partition coefficient (Wildman–Crippen LogP) is 3.48. The minimum Gasteiger partial charge on any atom is -0.491 e. The third kappa shape index (κ3) is 6.45. The van der Waals surface area contributed by atoms with E-state index in [0.29, 0.717) is 39.1 Å². The number of carbonyl (C=O) groups is 2. The van der Waals surface area contributed by atoms with Gasteiger partial charge in [0.2, 0.25) is 5.91 Å². The fourth-order valence-electron chi connectivity index (χ4n) is 3.07. The van der Waals surface area contributed by atoms with Gasteiger partial charge in [-0.1, -0.05) is 18.2 Å². The number of para-hydroxylation sites is 1. The Morgan fingerprint density at radius 3 is 2.41 bits per heavy atom. The van der Waals surface area contributed by atoms with Gasteiger partial charge >= 0.3 is 6.09 Å². The van der Waals surface area contributed by atoms with E-state index in [9.17, 15) is 9.59 Å². The molecule has 0 N–H and O–H groups in total. The molecule has 1 aromatic rings. The molecule has 2 rings (SSSR count). The zero-order chi connectivity index (χ0) is 20.0. The lowest BCUT2D eigenvalue weighted by Gasteiger charge is -2.34. The summed E-state index contributed by atoms with van der Waals surface area (Å²) in [5.74, 6) is 0.920. The maximum atomic E-state index is 12.6. The van der Waals surface area contributed by atoms with Crippen molar-refractivity contribution in [1.29, 1.82) is 0 Å². The van der Waals surface area contributed by atoms with Crippen LogP contribution in [-0.4, -0.2) is 60.7 Å². The molecule has 1 heterocycles. The minimum atomic E-state index is -0.499. The molecule has 0 atom stereocenters. The van der Waals surface area contributed by atoms with Crippen molar-refractivity contribution in [2.24, 2.45) is 5.92 Å². The van der Waals surface area contributed by atoms with Crippen LogP contribution >= 0.6 is 0 Å². The summed E-state index contributed by atoms with van der Waals surface area (Å²) >= 11 is 0. The number of benzene rings is 1. The molecule has 1 aliphatic rings. The summed E-state index contributed by atoms with van der Waals surface area (Å²) in [6.07, 6.45) is 1.04. The number of rotatable bonds is 5. The third-order valence-electron chi connectivity index (χ3n) is 4.65. The van der Waals surface area contributed by atoms with E-state index in [1.165, 1.54) is 0 Å². The van der Waals surface area contributed by atoms with Gasteiger partial charge < -0.3 is 19.3 Å². The van der Waals surface area contributed by atoms with Crippen LogP contribution in [0.3, 0.4) is 0 Å². The van der Waals surface area contributed by atoms with Crippen LogP contribution in [-0.2, 0) is 9.53 Å². The second-order valence-electron chi connectivity index (χ2n) is 8.12. The van der Waals surface area contributed by atoms with Crippen molar-refractivity contribution in [3.63, 3.8) is 0 Å². The summed E-state index contributed by atoms with van der Waals surface area (Å²) in [7, 11) is 1.81. The minimum absolute atomic E-state index is 0.0489. The smallest absolute Gasteiger partial charge is 0.410 e. The quantitative estimate of drug-likeness (QED) is 0.789. The van der Waals surface area contributed by atoms with Crippen LogP contribution in [0.4, 0.5) is 4.79 Å². The van der Waals surface area contributed by atoms with Gasteiger partial charge in [0.25, 0.3) is 0 Å². The Kier molecular flexibility index (Phi) is 7.11. The van der Waals surface area contributed by atoms with Gasteiger partial charge in [-0.3, -0.25) is 4.79 Å². The van der Waals surface area contributed by atoms with Crippen molar-refractivity contribution in [1.82, 2.24) is 9.80 Å². The number of nitrogens with zero attached hydrogens (tertiary/aromatic N) is 2. The highest BCUT2D eigenvalue weighted by molar-refractivity contribution is 5.79. The van der Waals surface area contributed by atoms with E-state index in [1.807, 2.05) is 59.0 Å². The molecule has 1 aromatic carbocycles. The SMILES string of the molecule is Cc1ccccc1OCCN(C)C(=O)C1CCN(C(=O)OC(C)(C)C)CC1. The Morgan fingerprint density at radius 1 is 1.19 bits per heavy atom. The van der Waals surface area contributed by atoms with Crippen LogP contribution in [0, 0.1) is 12.8 Å². The standard InChI is InChI=1S/C21H32N2O4/c1-16-8-6-7-9-18(16)26-15-14-22(5)19(24)17-10-12-23(13-11-17)20(25)27-21(2,3)4/h6-9,17H,10-15H2,1-5H3. The maximum Gasteiger partial charge on any atom is 0.410 e. The van der Waals surface area contributed by atoms with Crippen molar-refractivity contribution in [3.8, 4) is 5.75 Å². The van der Waals surface area contributed by atoms with Gasteiger partial charge in [-0.25, -0.2) is 4.79 Å². The van der Waals surface area contributed by atoms with Crippen LogP contribution in [0.25, 0.3) is 0 Å². The molecule has 0 aliphatic carbocycles. The maximum absolute atomic E-state index is 12.6. The summed E-state index contributed by atoms with van der Waals surface area (Å²) in [6.45, 7) is 9.68. The highest BCUT2D eigenvalue weighted by atomic mass is 16.6. The average Bonchev–Trinajstić information content (AvgIpc) is 2.61. The number of aryl methyl sites for hydroxylation is 1. The Hall–Kier alpha value is -2.24. The Labute approximate surface area is 162 Å². The summed E-state index contributed by atoms with van der Waals surface area (Å²) in [5.41, 5.74) is 0.585. The first-order valence-corrected chi connectivity index (χ1v) is 9.58. The second-order valence-corrected chi connectivity index (χ2v) is 8.12. The molecule has 6 heteroatoms. The highest BCUT2D eigenvalue weighted by Crippen LogP contribution is 2.21. The molecule has 0 unspecified atom stereocenters. The van der Waals surface area contributed by atoms with Gasteiger partial charge in [-0.2, -0.15) is 0 Å². The Morgan fingerprint density at radius 2 is 1.81 bits per heavy atom. The van der Waals surface area contributed by atoms with Crippen molar-refractivity contribution >= 4 is 12.0 Å². The van der Waals surface area contributed by atoms with E-state index in [1.54, 1.807) is 9.80 Å². The predicted molar refractivity (Wildman–Crippen MR) is 105 cm³/mol. The fraction of sp³-hybridized carbons (Fsp3) is 0.619. The van der Waals surface area contributed by atoms with Gasteiger partial charge in [0.1, 0.15) is 18.0 Å². The van der Waals surface area contributed by atoms with Gasteiger partial charge in [0.05, 0.1) is 6.54 Å². The van der Waals surface area contributed by atoms with E-state index < -0.39 is 5.60 Å². The molecule has 0 radical (unpaired) electrons. The first kappa shape index (κ1) is 21.1. The molecule has 0 aromatic heterocycles.